The standard InChI is InChI=1S/C22H22N4O2/c1-3-13-23-20-14-19(25-21(26-20)17-7-5-4-6-8-17)22(27)24-15-16-9-11-18(28-2)12-10-16/h3-12,14H,1,13,15H2,2H3,(H,24,27)(H,23,25,26). The molecule has 6 heteroatoms. The summed E-state index contributed by atoms with van der Waals surface area (Å²) in [6.07, 6.45) is 1.73. The first-order chi connectivity index (χ1) is 13.7. The zero-order chi connectivity index (χ0) is 19.8. The van der Waals surface area contributed by atoms with Gasteiger partial charge in [0.1, 0.15) is 17.3 Å². The number of nitrogens with one attached hydrogen (secondary N) is 2. The van der Waals surface area contributed by atoms with Crippen LogP contribution in [0.25, 0.3) is 11.4 Å². The quantitative estimate of drug-likeness (QED) is 0.588. The second-order valence-electron chi connectivity index (χ2n) is 6.03. The number of hydrogen-bond donors (Lipinski definition) is 2. The minimum Gasteiger partial charge on any atom is -0.497 e. The summed E-state index contributed by atoms with van der Waals surface area (Å²) in [6.45, 7) is 4.63. The van der Waals surface area contributed by atoms with Gasteiger partial charge in [-0.15, -0.1) is 6.58 Å². The maximum absolute atomic E-state index is 12.7. The molecule has 6 nitrogen and oxygen atoms in total. The lowest BCUT2D eigenvalue weighted by atomic mass is 10.2. The average molecular weight is 374 g/mol. The zero-order valence-electron chi connectivity index (χ0n) is 15.7. The highest BCUT2D eigenvalue weighted by Crippen LogP contribution is 2.18. The summed E-state index contributed by atoms with van der Waals surface area (Å²) in [5.74, 6) is 1.57. The summed E-state index contributed by atoms with van der Waals surface area (Å²) in [5.41, 5.74) is 2.11. The lowest BCUT2D eigenvalue weighted by Crippen LogP contribution is -2.24. The van der Waals surface area contributed by atoms with Crippen molar-refractivity contribution < 1.29 is 9.53 Å². The van der Waals surface area contributed by atoms with E-state index < -0.39 is 0 Å². The Kier molecular flexibility index (Phi) is 6.36. The van der Waals surface area contributed by atoms with E-state index in [2.05, 4.69) is 27.2 Å². The van der Waals surface area contributed by atoms with Crippen LogP contribution in [0.3, 0.4) is 0 Å². The summed E-state index contributed by atoms with van der Waals surface area (Å²) in [5, 5.41) is 6.02. The number of nitrogens with zero attached hydrogens (tertiary/aromatic N) is 2. The van der Waals surface area contributed by atoms with Gasteiger partial charge in [-0.2, -0.15) is 0 Å². The monoisotopic (exact) mass is 374 g/mol. The summed E-state index contributed by atoms with van der Waals surface area (Å²) >= 11 is 0. The third-order valence-electron chi connectivity index (χ3n) is 4.03. The molecule has 2 aromatic carbocycles. The van der Waals surface area contributed by atoms with Crippen molar-refractivity contribution >= 4 is 11.7 Å². The Morgan fingerprint density at radius 3 is 2.54 bits per heavy atom. The maximum Gasteiger partial charge on any atom is 0.270 e. The largest absolute Gasteiger partial charge is 0.497 e. The second-order valence-corrected chi connectivity index (χ2v) is 6.03. The summed E-state index contributed by atoms with van der Waals surface area (Å²) in [4.78, 5) is 21.6. The van der Waals surface area contributed by atoms with Crippen molar-refractivity contribution in [1.82, 2.24) is 15.3 Å². The number of hydrogen-bond acceptors (Lipinski definition) is 5. The summed E-state index contributed by atoms with van der Waals surface area (Å²) in [6, 6.07) is 18.7. The Hall–Kier alpha value is -3.67. The first-order valence-corrected chi connectivity index (χ1v) is 8.90. The molecule has 3 aromatic rings. The van der Waals surface area contributed by atoms with Crippen LogP contribution in [0.1, 0.15) is 16.1 Å². The smallest absolute Gasteiger partial charge is 0.270 e. The van der Waals surface area contributed by atoms with Crippen LogP contribution in [0.2, 0.25) is 0 Å². The van der Waals surface area contributed by atoms with Gasteiger partial charge in [-0.05, 0) is 17.7 Å². The Balaban J connectivity index is 1.80. The Bertz CT molecular complexity index is 941. The normalized spacial score (nSPS) is 10.2. The van der Waals surface area contributed by atoms with E-state index >= 15 is 0 Å². The van der Waals surface area contributed by atoms with Crippen LogP contribution in [0.15, 0.2) is 73.3 Å². The fourth-order valence-corrected chi connectivity index (χ4v) is 2.56. The molecule has 0 bridgehead atoms. The number of ether oxygens (including phenoxy) is 1. The molecular formula is C22H22N4O2. The molecule has 0 spiro atoms. The molecule has 28 heavy (non-hydrogen) atoms. The van der Waals surface area contributed by atoms with Crippen molar-refractivity contribution in [1.29, 1.82) is 0 Å². The molecule has 2 N–H and O–H groups in total. The molecular weight excluding hydrogens is 352 g/mol. The molecule has 0 fully saturated rings. The topological polar surface area (TPSA) is 76.1 Å². The zero-order valence-corrected chi connectivity index (χ0v) is 15.7. The number of carbonyl (C=O) groups excluding carboxylic acids is 1. The number of benzene rings is 2. The highest BCUT2D eigenvalue weighted by molar-refractivity contribution is 5.93. The van der Waals surface area contributed by atoms with Gasteiger partial charge >= 0.3 is 0 Å². The van der Waals surface area contributed by atoms with Crippen molar-refractivity contribution in [2.75, 3.05) is 19.0 Å². The number of aromatic nitrogens is 2. The van der Waals surface area contributed by atoms with Crippen LogP contribution in [0.4, 0.5) is 5.82 Å². The molecule has 0 saturated heterocycles. The molecule has 1 aromatic heterocycles. The van der Waals surface area contributed by atoms with Crippen LogP contribution >= 0.6 is 0 Å². The Morgan fingerprint density at radius 2 is 1.86 bits per heavy atom. The van der Waals surface area contributed by atoms with Gasteiger partial charge in [0.25, 0.3) is 5.91 Å². The van der Waals surface area contributed by atoms with Crippen molar-refractivity contribution in [3.8, 4) is 17.1 Å². The van der Waals surface area contributed by atoms with E-state index in [-0.39, 0.29) is 5.91 Å². The molecule has 3 rings (SSSR count). The van der Waals surface area contributed by atoms with Crippen LogP contribution in [-0.4, -0.2) is 29.5 Å². The van der Waals surface area contributed by atoms with Gasteiger partial charge in [-0.25, -0.2) is 9.97 Å². The van der Waals surface area contributed by atoms with E-state index in [0.717, 1.165) is 16.9 Å². The fourth-order valence-electron chi connectivity index (χ4n) is 2.56. The molecule has 1 amide bonds. The number of methoxy groups -OCH3 is 1. The fraction of sp³-hybridized carbons (Fsp3) is 0.136. The number of rotatable bonds is 8. The van der Waals surface area contributed by atoms with E-state index in [4.69, 9.17) is 4.74 Å². The highest BCUT2D eigenvalue weighted by atomic mass is 16.5. The van der Waals surface area contributed by atoms with Crippen LogP contribution in [0.5, 0.6) is 5.75 Å². The number of anilines is 1. The lowest BCUT2D eigenvalue weighted by Gasteiger charge is -2.10. The van der Waals surface area contributed by atoms with Crippen molar-refractivity contribution in [2.45, 2.75) is 6.54 Å². The molecule has 142 valence electrons. The lowest BCUT2D eigenvalue weighted by molar-refractivity contribution is 0.0946. The molecule has 0 aliphatic carbocycles. The minimum absolute atomic E-state index is 0.267. The molecule has 1 heterocycles. The molecule has 0 aliphatic rings. The second kappa shape index (κ2) is 9.32. The van der Waals surface area contributed by atoms with Gasteiger partial charge in [-0.1, -0.05) is 48.5 Å². The maximum atomic E-state index is 12.7. The molecule has 0 atom stereocenters. The first kappa shape index (κ1) is 19.1. The number of carbonyl (C=O) groups is 1. The molecule has 0 aliphatic heterocycles. The molecule has 0 unspecified atom stereocenters. The van der Waals surface area contributed by atoms with Crippen LogP contribution in [0, 0.1) is 0 Å². The van der Waals surface area contributed by atoms with Gasteiger partial charge in [0.2, 0.25) is 0 Å². The van der Waals surface area contributed by atoms with E-state index in [9.17, 15) is 4.79 Å². The van der Waals surface area contributed by atoms with Gasteiger partial charge in [0, 0.05) is 24.7 Å². The first-order valence-electron chi connectivity index (χ1n) is 8.90. The van der Waals surface area contributed by atoms with E-state index in [1.165, 1.54) is 0 Å². The van der Waals surface area contributed by atoms with Gasteiger partial charge in [-0.3, -0.25) is 4.79 Å². The third-order valence-corrected chi connectivity index (χ3v) is 4.03. The van der Waals surface area contributed by atoms with Gasteiger partial charge in [0.15, 0.2) is 5.82 Å². The van der Waals surface area contributed by atoms with E-state index in [1.54, 1.807) is 19.3 Å². The van der Waals surface area contributed by atoms with E-state index in [1.807, 2.05) is 54.6 Å². The number of amides is 1. The predicted octanol–water partition coefficient (Wildman–Crippen LogP) is 3.68. The Morgan fingerprint density at radius 1 is 1.11 bits per heavy atom. The molecule has 0 saturated carbocycles. The van der Waals surface area contributed by atoms with E-state index in [0.29, 0.717) is 30.4 Å². The Labute approximate surface area is 164 Å². The third kappa shape index (κ3) is 4.94. The van der Waals surface area contributed by atoms with Crippen molar-refractivity contribution in [3.05, 3.63) is 84.6 Å². The van der Waals surface area contributed by atoms with Crippen LogP contribution in [-0.2, 0) is 6.54 Å². The summed E-state index contributed by atoms with van der Waals surface area (Å²) in [7, 11) is 1.62. The highest BCUT2D eigenvalue weighted by Gasteiger charge is 2.13. The predicted molar refractivity (Wildman–Crippen MR) is 110 cm³/mol. The summed E-state index contributed by atoms with van der Waals surface area (Å²) < 4.78 is 5.15. The SMILES string of the molecule is C=CCNc1cc(C(=O)NCc2ccc(OC)cc2)nc(-c2ccccc2)n1. The molecule has 0 radical (unpaired) electrons. The van der Waals surface area contributed by atoms with Gasteiger partial charge < -0.3 is 15.4 Å². The van der Waals surface area contributed by atoms with Crippen LogP contribution < -0.4 is 15.4 Å². The minimum atomic E-state index is -0.267. The van der Waals surface area contributed by atoms with Gasteiger partial charge in [0.05, 0.1) is 7.11 Å². The average Bonchev–Trinajstić information content (AvgIpc) is 2.76. The van der Waals surface area contributed by atoms with Crippen molar-refractivity contribution in [2.24, 2.45) is 0 Å². The van der Waals surface area contributed by atoms with Crippen molar-refractivity contribution in [3.63, 3.8) is 0 Å².